The number of likely N-dealkylation sites (N-methyl/N-ethyl adjacent to an activating group) is 1. The van der Waals surface area contributed by atoms with Gasteiger partial charge in [-0.05, 0) is 73.9 Å². The smallest absolute Gasteiger partial charge is 0.264 e. The van der Waals surface area contributed by atoms with Crippen molar-refractivity contribution in [2.75, 3.05) is 34.4 Å². The second kappa shape index (κ2) is 10.8. The molecule has 0 aliphatic carbocycles. The minimum Gasteiger partial charge on any atom is -0.493 e. The van der Waals surface area contributed by atoms with E-state index in [0.717, 1.165) is 22.3 Å². The summed E-state index contributed by atoms with van der Waals surface area (Å²) >= 11 is 0. The Morgan fingerprint density at radius 3 is 1.89 bits per heavy atom. The molecule has 0 saturated carbocycles. The molecule has 0 aromatic heterocycles. The van der Waals surface area contributed by atoms with Gasteiger partial charge in [-0.2, -0.15) is 4.31 Å². The van der Waals surface area contributed by atoms with Gasteiger partial charge in [-0.25, -0.2) is 16.8 Å². The van der Waals surface area contributed by atoms with Gasteiger partial charge in [0.1, 0.15) is 0 Å². The van der Waals surface area contributed by atoms with Crippen LogP contribution in [0, 0.1) is 13.8 Å². The van der Waals surface area contributed by atoms with Crippen LogP contribution in [0.1, 0.15) is 22.3 Å². The Bertz CT molecular complexity index is 1560. The van der Waals surface area contributed by atoms with Crippen LogP contribution in [-0.4, -0.2) is 59.8 Å². The molecule has 1 heterocycles. The highest BCUT2D eigenvalue weighted by atomic mass is 32.2. The number of hydrogen-bond acceptors (Lipinski definition) is 6. The predicted molar refractivity (Wildman–Crippen MR) is 147 cm³/mol. The normalized spacial score (nSPS) is 14.1. The Labute approximate surface area is 225 Å². The standard InChI is InChI=1S/C28H32N2O6S2/c1-20-6-10-25(11-7-20)37(31,32)29(3)19-24-16-23-18-28(36-5)27(35-4)17-22(23)14-15-30(24)38(33,34)26-12-8-21(2)9-13-26/h6-13,16-18H,14-15,19H2,1-5H3. The largest absolute Gasteiger partial charge is 0.493 e. The lowest BCUT2D eigenvalue weighted by Gasteiger charge is -2.28. The van der Waals surface area contributed by atoms with Gasteiger partial charge in [-0.3, -0.25) is 4.31 Å². The van der Waals surface area contributed by atoms with Crippen molar-refractivity contribution in [3.63, 3.8) is 0 Å². The van der Waals surface area contributed by atoms with E-state index >= 15 is 0 Å². The minimum atomic E-state index is -3.98. The van der Waals surface area contributed by atoms with Crippen LogP contribution in [0.5, 0.6) is 11.5 Å². The van der Waals surface area contributed by atoms with Gasteiger partial charge in [0.25, 0.3) is 10.0 Å². The molecule has 3 aromatic rings. The van der Waals surface area contributed by atoms with E-state index in [2.05, 4.69) is 0 Å². The summed E-state index contributed by atoms with van der Waals surface area (Å²) in [5, 5.41) is 0. The van der Waals surface area contributed by atoms with Crippen LogP contribution in [0.4, 0.5) is 0 Å². The predicted octanol–water partition coefficient (Wildman–Crippen LogP) is 4.23. The number of hydrogen-bond donors (Lipinski definition) is 0. The highest BCUT2D eigenvalue weighted by Gasteiger charge is 2.32. The molecule has 202 valence electrons. The first-order valence-corrected chi connectivity index (χ1v) is 14.9. The number of aryl methyl sites for hydroxylation is 2. The van der Waals surface area contributed by atoms with Gasteiger partial charge >= 0.3 is 0 Å². The Balaban J connectivity index is 1.81. The zero-order valence-corrected chi connectivity index (χ0v) is 23.8. The maximum absolute atomic E-state index is 13.9. The van der Waals surface area contributed by atoms with Gasteiger partial charge in [-0.1, -0.05) is 35.4 Å². The molecule has 0 spiro atoms. The molecular weight excluding hydrogens is 524 g/mol. The van der Waals surface area contributed by atoms with Crippen molar-refractivity contribution in [2.45, 2.75) is 30.1 Å². The van der Waals surface area contributed by atoms with Crippen molar-refractivity contribution >= 4 is 26.1 Å². The average Bonchev–Trinajstić information content (AvgIpc) is 3.07. The Morgan fingerprint density at radius 1 is 0.816 bits per heavy atom. The van der Waals surface area contributed by atoms with Gasteiger partial charge in [0.2, 0.25) is 10.0 Å². The first kappa shape index (κ1) is 27.7. The number of methoxy groups -OCH3 is 2. The lowest BCUT2D eigenvalue weighted by Crippen LogP contribution is -2.38. The molecule has 0 amide bonds. The van der Waals surface area contributed by atoms with Crippen molar-refractivity contribution in [1.29, 1.82) is 0 Å². The molecular formula is C28H32N2O6S2. The molecule has 10 heteroatoms. The molecule has 0 unspecified atom stereocenters. The summed E-state index contributed by atoms with van der Waals surface area (Å²) in [6, 6.07) is 16.8. The van der Waals surface area contributed by atoms with Gasteiger partial charge in [-0.15, -0.1) is 0 Å². The summed E-state index contributed by atoms with van der Waals surface area (Å²) in [5.74, 6) is 1.03. The second-order valence-corrected chi connectivity index (χ2v) is 13.2. The number of ether oxygens (including phenoxy) is 2. The third kappa shape index (κ3) is 5.43. The molecule has 0 fully saturated rings. The number of fused-ring (bicyclic) bond motifs is 1. The fourth-order valence-electron chi connectivity index (χ4n) is 4.34. The number of rotatable bonds is 8. The van der Waals surface area contributed by atoms with E-state index in [1.807, 2.05) is 19.9 Å². The third-order valence-electron chi connectivity index (χ3n) is 6.59. The SMILES string of the molecule is COc1cc2c(cc1OC)CCN(S(=O)(=O)c1ccc(C)cc1)C(CN(C)S(=O)(=O)c1ccc(C)cc1)=C2. The van der Waals surface area contributed by atoms with Crippen LogP contribution in [0.15, 0.2) is 76.2 Å². The summed E-state index contributed by atoms with van der Waals surface area (Å²) < 4.78 is 67.9. The summed E-state index contributed by atoms with van der Waals surface area (Å²) in [5.41, 5.74) is 3.81. The number of sulfonamides is 2. The van der Waals surface area contributed by atoms with Crippen LogP contribution in [-0.2, 0) is 26.5 Å². The van der Waals surface area contributed by atoms with Crippen molar-refractivity contribution in [3.8, 4) is 11.5 Å². The van der Waals surface area contributed by atoms with Crippen LogP contribution in [0.3, 0.4) is 0 Å². The Kier molecular flexibility index (Phi) is 7.87. The average molecular weight is 557 g/mol. The fraction of sp³-hybridized carbons (Fsp3) is 0.286. The quantitative estimate of drug-likeness (QED) is 0.412. The van der Waals surface area contributed by atoms with Gasteiger partial charge in [0.15, 0.2) is 11.5 Å². The zero-order valence-electron chi connectivity index (χ0n) is 22.1. The summed E-state index contributed by atoms with van der Waals surface area (Å²) in [4.78, 5) is 0.277. The maximum Gasteiger partial charge on any atom is 0.264 e. The molecule has 1 aliphatic heterocycles. The van der Waals surface area contributed by atoms with Crippen LogP contribution >= 0.6 is 0 Å². The van der Waals surface area contributed by atoms with Gasteiger partial charge < -0.3 is 9.47 Å². The van der Waals surface area contributed by atoms with E-state index in [-0.39, 0.29) is 22.9 Å². The second-order valence-electron chi connectivity index (χ2n) is 9.26. The van der Waals surface area contributed by atoms with E-state index in [1.165, 1.54) is 22.8 Å². The van der Waals surface area contributed by atoms with Crippen molar-refractivity contribution in [1.82, 2.24) is 8.61 Å². The maximum atomic E-state index is 13.9. The van der Waals surface area contributed by atoms with E-state index in [1.54, 1.807) is 67.8 Å². The molecule has 0 saturated heterocycles. The van der Waals surface area contributed by atoms with Crippen LogP contribution < -0.4 is 9.47 Å². The molecule has 0 atom stereocenters. The number of benzene rings is 3. The number of nitrogens with zero attached hydrogens (tertiary/aromatic N) is 2. The van der Waals surface area contributed by atoms with Crippen molar-refractivity contribution < 1.29 is 26.3 Å². The molecule has 0 radical (unpaired) electrons. The lowest BCUT2D eigenvalue weighted by atomic mass is 10.0. The summed E-state index contributed by atoms with van der Waals surface area (Å²) in [7, 11) is -3.34. The molecule has 4 rings (SSSR count). The first-order valence-electron chi connectivity index (χ1n) is 12.0. The molecule has 3 aromatic carbocycles. The monoisotopic (exact) mass is 556 g/mol. The van der Waals surface area contributed by atoms with Gasteiger partial charge in [0.05, 0.1) is 30.6 Å². The van der Waals surface area contributed by atoms with Gasteiger partial charge in [0, 0.05) is 19.3 Å². The minimum absolute atomic E-state index is 0.128. The highest BCUT2D eigenvalue weighted by molar-refractivity contribution is 7.89. The van der Waals surface area contributed by atoms with Crippen molar-refractivity contribution in [2.24, 2.45) is 0 Å². The Hall–Kier alpha value is -3.34. The van der Waals surface area contributed by atoms with Crippen LogP contribution in [0.2, 0.25) is 0 Å². The molecule has 8 nitrogen and oxygen atoms in total. The fourth-order valence-corrected chi connectivity index (χ4v) is 6.97. The van der Waals surface area contributed by atoms with E-state index in [9.17, 15) is 16.8 Å². The molecule has 38 heavy (non-hydrogen) atoms. The molecule has 0 bridgehead atoms. The van der Waals surface area contributed by atoms with E-state index in [0.29, 0.717) is 23.6 Å². The molecule has 0 N–H and O–H groups in total. The Morgan fingerprint density at radius 2 is 1.34 bits per heavy atom. The topological polar surface area (TPSA) is 93.2 Å². The third-order valence-corrected chi connectivity index (χ3v) is 10.3. The zero-order chi connectivity index (χ0) is 27.7. The van der Waals surface area contributed by atoms with E-state index < -0.39 is 20.0 Å². The lowest BCUT2D eigenvalue weighted by molar-refractivity contribution is 0.354. The highest BCUT2D eigenvalue weighted by Crippen LogP contribution is 2.35. The van der Waals surface area contributed by atoms with Crippen molar-refractivity contribution in [3.05, 3.63) is 88.6 Å². The molecule has 1 aliphatic rings. The summed E-state index contributed by atoms with van der Waals surface area (Å²) in [6.07, 6.45) is 2.12. The summed E-state index contributed by atoms with van der Waals surface area (Å²) in [6.45, 7) is 3.74. The first-order chi connectivity index (χ1) is 18.0. The van der Waals surface area contributed by atoms with E-state index in [4.69, 9.17) is 9.47 Å². The van der Waals surface area contributed by atoms with Crippen LogP contribution in [0.25, 0.3) is 6.08 Å².